The van der Waals surface area contributed by atoms with Gasteiger partial charge in [-0.2, -0.15) is 0 Å². The molecule has 114 valence electrons. The average Bonchev–Trinajstić information content (AvgIpc) is 3.00. The van der Waals surface area contributed by atoms with Gasteiger partial charge in [0.15, 0.2) is 0 Å². The van der Waals surface area contributed by atoms with E-state index in [1.807, 2.05) is 17.0 Å². The van der Waals surface area contributed by atoms with Crippen LogP contribution in [0.15, 0.2) is 30.6 Å². The SMILES string of the molecule is Cc1cc(C)cc(Nc2ncc(C(=O)N3CCCC3)cn2)c1. The van der Waals surface area contributed by atoms with Gasteiger partial charge in [-0.25, -0.2) is 9.97 Å². The molecule has 5 heteroatoms. The molecule has 2 heterocycles. The molecule has 1 aliphatic heterocycles. The number of hydrogen-bond donors (Lipinski definition) is 1. The summed E-state index contributed by atoms with van der Waals surface area (Å²) < 4.78 is 0. The molecule has 0 atom stereocenters. The van der Waals surface area contributed by atoms with Crippen LogP contribution in [0.3, 0.4) is 0 Å². The monoisotopic (exact) mass is 296 g/mol. The van der Waals surface area contributed by atoms with Crippen molar-refractivity contribution in [2.24, 2.45) is 0 Å². The van der Waals surface area contributed by atoms with Crippen molar-refractivity contribution in [2.75, 3.05) is 18.4 Å². The van der Waals surface area contributed by atoms with E-state index in [4.69, 9.17) is 0 Å². The van der Waals surface area contributed by atoms with E-state index in [0.717, 1.165) is 31.6 Å². The van der Waals surface area contributed by atoms with Crippen LogP contribution < -0.4 is 5.32 Å². The Labute approximate surface area is 130 Å². The van der Waals surface area contributed by atoms with Crippen LogP contribution >= 0.6 is 0 Å². The number of carbonyl (C=O) groups is 1. The summed E-state index contributed by atoms with van der Waals surface area (Å²) in [5.74, 6) is 0.526. The molecule has 0 radical (unpaired) electrons. The summed E-state index contributed by atoms with van der Waals surface area (Å²) in [6.07, 6.45) is 5.36. The summed E-state index contributed by atoms with van der Waals surface area (Å²) in [5.41, 5.74) is 3.87. The smallest absolute Gasteiger partial charge is 0.256 e. The Kier molecular flexibility index (Phi) is 4.04. The van der Waals surface area contributed by atoms with E-state index in [-0.39, 0.29) is 5.91 Å². The Balaban J connectivity index is 1.72. The van der Waals surface area contributed by atoms with Gasteiger partial charge in [-0.1, -0.05) is 6.07 Å². The van der Waals surface area contributed by atoms with Crippen molar-refractivity contribution in [1.82, 2.24) is 14.9 Å². The topological polar surface area (TPSA) is 58.1 Å². The van der Waals surface area contributed by atoms with Crippen molar-refractivity contribution in [1.29, 1.82) is 0 Å². The van der Waals surface area contributed by atoms with Crippen molar-refractivity contribution in [2.45, 2.75) is 26.7 Å². The Bertz CT molecular complexity index is 655. The van der Waals surface area contributed by atoms with Gasteiger partial charge < -0.3 is 10.2 Å². The van der Waals surface area contributed by atoms with Crippen LogP contribution in [-0.4, -0.2) is 33.9 Å². The number of likely N-dealkylation sites (tertiary alicyclic amines) is 1. The normalized spacial score (nSPS) is 14.2. The fourth-order valence-corrected chi connectivity index (χ4v) is 2.78. The molecule has 0 spiro atoms. The zero-order chi connectivity index (χ0) is 15.5. The molecule has 1 saturated heterocycles. The molecule has 0 unspecified atom stereocenters. The Morgan fingerprint density at radius 2 is 1.64 bits per heavy atom. The van der Waals surface area contributed by atoms with E-state index in [1.165, 1.54) is 11.1 Å². The van der Waals surface area contributed by atoms with Gasteiger partial charge in [0.1, 0.15) is 0 Å². The summed E-state index contributed by atoms with van der Waals surface area (Å²) in [5, 5.41) is 3.17. The van der Waals surface area contributed by atoms with Gasteiger partial charge in [-0.05, 0) is 49.9 Å². The Hall–Kier alpha value is -2.43. The minimum absolute atomic E-state index is 0.0236. The lowest BCUT2D eigenvalue weighted by atomic mass is 10.1. The summed E-state index contributed by atoms with van der Waals surface area (Å²) >= 11 is 0. The van der Waals surface area contributed by atoms with Gasteiger partial charge in [-0.3, -0.25) is 4.79 Å². The zero-order valence-electron chi connectivity index (χ0n) is 13.0. The van der Waals surface area contributed by atoms with Gasteiger partial charge in [0.25, 0.3) is 5.91 Å². The van der Waals surface area contributed by atoms with Crippen LogP contribution in [0.5, 0.6) is 0 Å². The number of aromatic nitrogens is 2. The van der Waals surface area contributed by atoms with Crippen molar-refractivity contribution in [3.8, 4) is 0 Å². The molecule has 22 heavy (non-hydrogen) atoms. The first-order valence-electron chi connectivity index (χ1n) is 7.58. The average molecular weight is 296 g/mol. The second kappa shape index (κ2) is 6.13. The summed E-state index contributed by atoms with van der Waals surface area (Å²) in [6, 6.07) is 6.20. The first-order chi connectivity index (χ1) is 10.6. The van der Waals surface area contributed by atoms with Gasteiger partial charge in [-0.15, -0.1) is 0 Å². The molecule has 3 rings (SSSR count). The zero-order valence-corrected chi connectivity index (χ0v) is 13.0. The molecular formula is C17H20N4O. The Morgan fingerprint density at radius 1 is 1.05 bits per heavy atom. The molecule has 5 nitrogen and oxygen atoms in total. The van der Waals surface area contributed by atoms with Crippen molar-refractivity contribution >= 4 is 17.5 Å². The standard InChI is InChI=1S/C17H20N4O/c1-12-7-13(2)9-15(8-12)20-17-18-10-14(11-19-17)16(22)21-5-3-4-6-21/h7-11H,3-6H2,1-2H3,(H,18,19,20). The van der Waals surface area contributed by atoms with E-state index < -0.39 is 0 Å². The predicted octanol–water partition coefficient (Wildman–Crippen LogP) is 3.07. The molecule has 1 amide bonds. The summed E-state index contributed by atoms with van der Waals surface area (Å²) in [6.45, 7) is 5.77. The number of hydrogen-bond acceptors (Lipinski definition) is 4. The van der Waals surface area contributed by atoms with E-state index in [0.29, 0.717) is 11.5 Å². The predicted molar refractivity (Wildman–Crippen MR) is 86.4 cm³/mol. The first kappa shape index (κ1) is 14.5. The van der Waals surface area contributed by atoms with Crippen LogP contribution in [0.2, 0.25) is 0 Å². The van der Waals surface area contributed by atoms with Crippen LogP contribution in [0.1, 0.15) is 34.3 Å². The lowest BCUT2D eigenvalue weighted by Gasteiger charge is -2.14. The molecule has 1 aromatic heterocycles. The van der Waals surface area contributed by atoms with E-state index in [9.17, 15) is 4.79 Å². The number of amides is 1. The van der Waals surface area contributed by atoms with Crippen molar-refractivity contribution in [3.63, 3.8) is 0 Å². The third-order valence-corrected chi connectivity index (χ3v) is 3.77. The van der Waals surface area contributed by atoms with Crippen LogP contribution in [0.25, 0.3) is 0 Å². The molecule has 1 aliphatic rings. The molecule has 0 aliphatic carbocycles. The van der Waals surface area contributed by atoms with Gasteiger partial charge >= 0.3 is 0 Å². The summed E-state index contributed by atoms with van der Waals surface area (Å²) in [4.78, 5) is 22.6. The quantitative estimate of drug-likeness (QED) is 0.945. The fourth-order valence-electron chi connectivity index (χ4n) is 2.78. The fraction of sp³-hybridized carbons (Fsp3) is 0.353. The minimum Gasteiger partial charge on any atom is -0.339 e. The molecule has 0 saturated carbocycles. The largest absolute Gasteiger partial charge is 0.339 e. The molecule has 1 aromatic carbocycles. The number of anilines is 2. The number of nitrogens with one attached hydrogen (secondary N) is 1. The Morgan fingerprint density at radius 3 is 2.23 bits per heavy atom. The highest BCUT2D eigenvalue weighted by molar-refractivity contribution is 5.93. The van der Waals surface area contributed by atoms with Gasteiger partial charge in [0.2, 0.25) is 5.95 Å². The highest BCUT2D eigenvalue weighted by Gasteiger charge is 2.19. The molecule has 2 aromatic rings. The van der Waals surface area contributed by atoms with Crippen LogP contribution in [0.4, 0.5) is 11.6 Å². The maximum Gasteiger partial charge on any atom is 0.256 e. The number of carbonyl (C=O) groups excluding carboxylic acids is 1. The second-order valence-corrected chi connectivity index (χ2v) is 5.80. The maximum atomic E-state index is 12.2. The highest BCUT2D eigenvalue weighted by atomic mass is 16.2. The third kappa shape index (κ3) is 3.24. The number of benzene rings is 1. The van der Waals surface area contributed by atoms with E-state index in [1.54, 1.807) is 12.4 Å². The lowest BCUT2D eigenvalue weighted by Crippen LogP contribution is -2.27. The maximum absolute atomic E-state index is 12.2. The second-order valence-electron chi connectivity index (χ2n) is 5.80. The number of rotatable bonds is 3. The van der Waals surface area contributed by atoms with Crippen molar-refractivity contribution in [3.05, 3.63) is 47.3 Å². The lowest BCUT2D eigenvalue weighted by molar-refractivity contribution is 0.0792. The minimum atomic E-state index is 0.0236. The van der Waals surface area contributed by atoms with Crippen LogP contribution in [0, 0.1) is 13.8 Å². The van der Waals surface area contributed by atoms with E-state index in [2.05, 4.69) is 35.2 Å². The molecule has 1 fully saturated rings. The summed E-state index contributed by atoms with van der Waals surface area (Å²) in [7, 11) is 0. The first-order valence-corrected chi connectivity index (χ1v) is 7.58. The highest BCUT2D eigenvalue weighted by Crippen LogP contribution is 2.17. The van der Waals surface area contributed by atoms with Crippen molar-refractivity contribution < 1.29 is 4.79 Å². The molecular weight excluding hydrogens is 276 g/mol. The number of nitrogens with zero attached hydrogens (tertiary/aromatic N) is 3. The van der Waals surface area contributed by atoms with E-state index >= 15 is 0 Å². The number of aryl methyl sites for hydroxylation is 2. The molecule has 1 N–H and O–H groups in total. The molecule has 0 bridgehead atoms. The van der Waals surface area contributed by atoms with Gasteiger partial charge in [0, 0.05) is 31.2 Å². The van der Waals surface area contributed by atoms with Crippen LogP contribution in [-0.2, 0) is 0 Å². The van der Waals surface area contributed by atoms with Gasteiger partial charge in [0.05, 0.1) is 5.56 Å². The third-order valence-electron chi connectivity index (χ3n) is 3.77.